The molecule has 10 heteroatoms. The first-order valence-corrected chi connectivity index (χ1v) is 12.2. The summed E-state index contributed by atoms with van der Waals surface area (Å²) in [4.78, 5) is 30.5. The van der Waals surface area contributed by atoms with E-state index in [4.69, 9.17) is 27.9 Å². The number of amides is 1. The summed E-state index contributed by atoms with van der Waals surface area (Å²) in [6.45, 7) is 4.13. The first-order valence-electron chi connectivity index (χ1n) is 10.7. The van der Waals surface area contributed by atoms with E-state index < -0.39 is 4.92 Å². The fraction of sp³-hybridized carbons (Fsp3) is 0.0769. The lowest BCUT2D eigenvalue weighted by Gasteiger charge is -2.12. The molecule has 0 radical (unpaired) electrons. The lowest BCUT2D eigenvalue weighted by atomic mass is 10.1. The Hall–Kier alpha value is -3.59. The van der Waals surface area contributed by atoms with E-state index in [1.54, 1.807) is 42.5 Å². The van der Waals surface area contributed by atoms with Crippen molar-refractivity contribution in [1.82, 2.24) is 4.90 Å². The van der Waals surface area contributed by atoms with Crippen molar-refractivity contribution >= 4 is 63.5 Å². The molecule has 0 atom stereocenters. The third-order valence-electron chi connectivity index (χ3n) is 5.08. The minimum Gasteiger partial charge on any atom is -0.488 e. The number of hydrogen-bond donors (Lipinski definition) is 0. The van der Waals surface area contributed by atoms with E-state index in [0.29, 0.717) is 37.1 Å². The Balaban J connectivity index is 1.69. The minimum atomic E-state index is -0.499. The summed E-state index contributed by atoms with van der Waals surface area (Å²) in [5, 5.41) is 13.0. The monoisotopic (exact) mass is 539 g/mol. The quantitative estimate of drug-likeness (QED) is 0.130. The number of thioether (sulfide) groups is 1. The van der Waals surface area contributed by atoms with E-state index in [-0.39, 0.29) is 24.7 Å². The summed E-state index contributed by atoms with van der Waals surface area (Å²) in [5.74, 6) is 0.0796. The number of non-ortho nitro benzene ring substituents is 1. The van der Waals surface area contributed by atoms with Gasteiger partial charge in [0.1, 0.15) is 12.4 Å². The smallest absolute Gasteiger partial charge is 0.270 e. The molecule has 0 spiro atoms. The maximum Gasteiger partial charge on any atom is 0.270 e. The van der Waals surface area contributed by atoms with Crippen molar-refractivity contribution in [3.63, 3.8) is 0 Å². The molecule has 0 bridgehead atoms. The van der Waals surface area contributed by atoms with E-state index >= 15 is 0 Å². The van der Waals surface area contributed by atoms with Crippen molar-refractivity contribution in [3.05, 3.63) is 116 Å². The molecule has 1 saturated heterocycles. The maximum atomic E-state index is 13.2. The highest BCUT2D eigenvalue weighted by Gasteiger charge is 2.33. The number of halogens is 2. The number of carbonyl (C=O) groups excluding carboxylic acids is 1. The second-order valence-corrected chi connectivity index (χ2v) is 9.40. The Labute approximate surface area is 221 Å². The molecular formula is C26H19Cl2N3O4S. The van der Waals surface area contributed by atoms with Crippen molar-refractivity contribution in [2.45, 2.75) is 6.61 Å². The van der Waals surface area contributed by atoms with Crippen LogP contribution in [0.5, 0.6) is 5.75 Å². The van der Waals surface area contributed by atoms with Crippen LogP contribution in [0.15, 0.2) is 89.3 Å². The Morgan fingerprint density at radius 2 is 1.86 bits per heavy atom. The average molecular weight is 540 g/mol. The zero-order valence-corrected chi connectivity index (χ0v) is 21.1. The second-order valence-electron chi connectivity index (χ2n) is 7.55. The predicted molar refractivity (Wildman–Crippen MR) is 145 cm³/mol. The largest absolute Gasteiger partial charge is 0.488 e. The third-order valence-corrected chi connectivity index (χ3v) is 6.71. The van der Waals surface area contributed by atoms with Crippen LogP contribution in [0.2, 0.25) is 10.0 Å². The standard InChI is InChI=1S/C26H19Cl2N3O4S/c1-2-13-30-25(32)24(36-26(30)29-20-9-7-19(27)8-10-20)15-18-14-21(31(33)34)11-12-23(18)35-16-17-5-3-4-6-22(17)28/h2-12,14-15H,1,13,16H2/b24-15-,29-26?. The van der Waals surface area contributed by atoms with Crippen molar-refractivity contribution in [3.8, 4) is 5.75 Å². The van der Waals surface area contributed by atoms with E-state index in [0.717, 1.165) is 17.3 Å². The number of nitro groups is 1. The van der Waals surface area contributed by atoms with Gasteiger partial charge in [0.15, 0.2) is 5.17 Å². The summed E-state index contributed by atoms with van der Waals surface area (Å²) in [5.41, 5.74) is 1.65. The predicted octanol–water partition coefficient (Wildman–Crippen LogP) is 7.27. The molecule has 1 aliphatic rings. The molecule has 1 fully saturated rings. The van der Waals surface area contributed by atoms with Crippen LogP contribution in [0.1, 0.15) is 11.1 Å². The molecule has 3 aromatic carbocycles. The van der Waals surface area contributed by atoms with Gasteiger partial charge in [-0.2, -0.15) is 0 Å². The summed E-state index contributed by atoms with van der Waals surface area (Å²) >= 11 is 13.3. The fourth-order valence-electron chi connectivity index (χ4n) is 3.31. The molecule has 1 amide bonds. The van der Waals surface area contributed by atoms with Gasteiger partial charge in [-0.3, -0.25) is 19.8 Å². The van der Waals surface area contributed by atoms with E-state index in [1.165, 1.54) is 23.1 Å². The van der Waals surface area contributed by atoms with E-state index in [9.17, 15) is 14.9 Å². The highest BCUT2D eigenvalue weighted by molar-refractivity contribution is 8.18. The number of ether oxygens (including phenoxy) is 1. The number of hydrogen-bond acceptors (Lipinski definition) is 6. The van der Waals surface area contributed by atoms with Crippen LogP contribution in [-0.2, 0) is 11.4 Å². The molecule has 1 heterocycles. The first-order chi connectivity index (χ1) is 17.4. The van der Waals surface area contributed by atoms with Crippen LogP contribution in [-0.4, -0.2) is 27.4 Å². The number of amidine groups is 1. The lowest BCUT2D eigenvalue weighted by molar-refractivity contribution is -0.384. The van der Waals surface area contributed by atoms with Crippen LogP contribution < -0.4 is 4.74 Å². The van der Waals surface area contributed by atoms with Gasteiger partial charge in [0.05, 0.1) is 15.5 Å². The molecule has 3 aromatic rings. The number of rotatable bonds is 8. The Bertz CT molecular complexity index is 1390. The number of aliphatic imine (C=N–C) groups is 1. The van der Waals surface area contributed by atoms with Gasteiger partial charge < -0.3 is 4.74 Å². The van der Waals surface area contributed by atoms with Gasteiger partial charge in [-0.15, -0.1) is 6.58 Å². The molecule has 0 aliphatic carbocycles. The average Bonchev–Trinajstić information content (AvgIpc) is 3.14. The number of nitrogens with zero attached hydrogens (tertiary/aromatic N) is 3. The van der Waals surface area contributed by atoms with Crippen LogP contribution in [0.25, 0.3) is 6.08 Å². The second kappa shape index (κ2) is 11.4. The number of nitro benzene ring substituents is 1. The first kappa shape index (κ1) is 25.5. The molecule has 36 heavy (non-hydrogen) atoms. The van der Waals surface area contributed by atoms with Crippen molar-refractivity contribution in [2.75, 3.05) is 6.54 Å². The summed E-state index contributed by atoms with van der Waals surface area (Å²) in [6, 6.07) is 18.4. The maximum absolute atomic E-state index is 13.2. The summed E-state index contributed by atoms with van der Waals surface area (Å²) < 4.78 is 5.95. The summed E-state index contributed by atoms with van der Waals surface area (Å²) in [6.07, 6.45) is 3.17. The zero-order valence-electron chi connectivity index (χ0n) is 18.8. The van der Waals surface area contributed by atoms with E-state index in [1.807, 2.05) is 18.2 Å². The molecule has 4 rings (SSSR count). The van der Waals surface area contributed by atoms with Crippen LogP contribution >= 0.6 is 35.0 Å². The third kappa shape index (κ3) is 5.96. The van der Waals surface area contributed by atoms with Crippen molar-refractivity contribution in [2.24, 2.45) is 4.99 Å². The summed E-state index contributed by atoms with van der Waals surface area (Å²) in [7, 11) is 0. The molecule has 0 N–H and O–H groups in total. The van der Waals surface area contributed by atoms with Crippen LogP contribution in [0, 0.1) is 10.1 Å². The topological polar surface area (TPSA) is 85.0 Å². The van der Waals surface area contributed by atoms with Gasteiger partial charge in [0.2, 0.25) is 0 Å². The lowest BCUT2D eigenvalue weighted by Crippen LogP contribution is -2.29. The Kier molecular flexibility index (Phi) is 8.10. The van der Waals surface area contributed by atoms with E-state index in [2.05, 4.69) is 11.6 Å². The molecular weight excluding hydrogens is 521 g/mol. The van der Waals surface area contributed by atoms with Gasteiger partial charge in [-0.25, -0.2) is 4.99 Å². The van der Waals surface area contributed by atoms with Crippen LogP contribution in [0.4, 0.5) is 11.4 Å². The number of benzene rings is 3. The Morgan fingerprint density at radius 3 is 2.56 bits per heavy atom. The molecule has 7 nitrogen and oxygen atoms in total. The normalized spacial score (nSPS) is 15.5. The minimum absolute atomic E-state index is 0.125. The molecule has 1 aliphatic heterocycles. The van der Waals surface area contributed by atoms with Crippen LogP contribution in [0.3, 0.4) is 0 Å². The Morgan fingerprint density at radius 1 is 1.11 bits per heavy atom. The number of carbonyl (C=O) groups is 1. The van der Waals surface area contributed by atoms with Gasteiger partial charge in [-0.1, -0.05) is 47.5 Å². The molecule has 0 aromatic heterocycles. The zero-order chi connectivity index (χ0) is 25.7. The fourth-order valence-corrected chi connectivity index (χ4v) is 4.63. The molecule has 0 unspecified atom stereocenters. The van der Waals surface area contributed by atoms with Gasteiger partial charge in [0.25, 0.3) is 11.6 Å². The molecule has 182 valence electrons. The van der Waals surface area contributed by atoms with Gasteiger partial charge in [-0.05, 0) is 54.2 Å². The highest BCUT2D eigenvalue weighted by atomic mass is 35.5. The molecule has 0 saturated carbocycles. The van der Waals surface area contributed by atoms with Crippen molar-refractivity contribution < 1.29 is 14.5 Å². The van der Waals surface area contributed by atoms with Crippen molar-refractivity contribution in [1.29, 1.82) is 0 Å². The SMILES string of the molecule is C=CCN1C(=O)/C(=C/c2cc([N+](=O)[O-])ccc2OCc2ccccc2Cl)SC1=Nc1ccc(Cl)cc1. The van der Waals surface area contributed by atoms with Gasteiger partial charge >= 0.3 is 0 Å². The van der Waals surface area contributed by atoms with Gasteiger partial charge in [0, 0.05) is 39.8 Å². The highest BCUT2D eigenvalue weighted by Crippen LogP contribution is 2.37.